The van der Waals surface area contributed by atoms with Crippen LogP contribution in [-0.2, 0) is 4.79 Å². The van der Waals surface area contributed by atoms with Gasteiger partial charge < -0.3 is 15.1 Å². The monoisotopic (exact) mass is 265 g/mol. The van der Waals surface area contributed by atoms with Crippen LogP contribution < -0.4 is 0 Å². The van der Waals surface area contributed by atoms with Gasteiger partial charge in [-0.25, -0.2) is 0 Å². The number of carbonyl (C=O) groups is 1. The number of nitrogens with zero attached hydrogens (tertiary/aromatic N) is 1. The van der Waals surface area contributed by atoms with Crippen molar-refractivity contribution < 1.29 is 15.0 Å². The second-order valence-corrected chi connectivity index (χ2v) is 5.23. The summed E-state index contributed by atoms with van der Waals surface area (Å²) in [4.78, 5) is 12.4. The standard InChI is InChI=1S/C15H23NO3/c1-10-7-11(2)15(12(3)8-10)13(17)9-16(4)6-5-14(18)19/h7-8,13,17H,5-6,9H2,1-4H3,(H,18,19). The van der Waals surface area contributed by atoms with E-state index in [-0.39, 0.29) is 6.42 Å². The predicted octanol–water partition coefficient (Wildman–Crippen LogP) is 2.05. The fraction of sp³-hybridized carbons (Fsp3) is 0.533. The Kier molecular flexibility index (Phi) is 5.51. The van der Waals surface area contributed by atoms with Crippen LogP contribution in [0.15, 0.2) is 12.1 Å². The summed E-state index contributed by atoms with van der Waals surface area (Å²) < 4.78 is 0. The molecule has 0 aliphatic heterocycles. The van der Waals surface area contributed by atoms with Gasteiger partial charge in [0.1, 0.15) is 0 Å². The van der Waals surface area contributed by atoms with Crippen molar-refractivity contribution in [1.82, 2.24) is 4.90 Å². The number of aliphatic hydroxyl groups is 1. The van der Waals surface area contributed by atoms with Gasteiger partial charge >= 0.3 is 5.97 Å². The molecule has 19 heavy (non-hydrogen) atoms. The van der Waals surface area contributed by atoms with Gasteiger partial charge in [-0.05, 0) is 44.5 Å². The zero-order chi connectivity index (χ0) is 14.6. The number of carboxylic acids is 1. The molecule has 0 bridgehead atoms. The van der Waals surface area contributed by atoms with E-state index in [1.807, 2.05) is 32.7 Å². The van der Waals surface area contributed by atoms with Crippen molar-refractivity contribution in [2.45, 2.75) is 33.3 Å². The van der Waals surface area contributed by atoms with Crippen LogP contribution in [0.3, 0.4) is 0 Å². The Balaban J connectivity index is 2.73. The summed E-state index contributed by atoms with van der Waals surface area (Å²) in [6.07, 6.45) is -0.492. The van der Waals surface area contributed by atoms with Crippen LogP contribution in [0.4, 0.5) is 0 Å². The molecule has 106 valence electrons. The van der Waals surface area contributed by atoms with Crippen molar-refractivity contribution >= 4 is 5.97 Å². The first-order valence-corrected chi connectivity index (χ1v) is 6.47. The van der Waals surface area contributed by atoms with E-state index in [9.17, 15) is 9.90 Å². The van der Waals surface area contributed by atoms with Gasteiger partial charge in [0.2, 0.25) is 0 Å². The van der Waals surface area contributed by atoms with Crippen molar-refractivity contribution in [3.8, 4) is 0 Å². The normalized spacial score (nSPS) is 12.7. The summed E-state index contributed by atoms with van der Waals surface area (Å²) in [6, 6.07) is 4.12. The Morgan fingerprint density at radius 3 is 2.26 bits per heavy atom. The Labute approximate surface area is 114 Å². The second kappa shape index (κ2) is 6.68. The fourth-order valence-electron chi connectivity index (χ4n) is 2.48. The van der Waals surface area contributed by atoms with Crippen LogP contribution in [0.25, 0.3) is 0 Å². The summed E-state index contributed by atoms with van der Waals surface area (Å²) in [6.45, 7) is 6.91. The molecule has 0 fully saturated rings. The van der Waals surface area contributed by atoms with E-state index in [0.29, 0.717) is 13.1 Å². The Morgan fingerprint density at radius 2 is 1.79 bits per heavy atom. The highest BCUT2D eigenvalue weighted by Crippen LogP contribution is 2.24. The van der Waals surface area contributed by atoms with E-state index in [1.54, 1.807) is 0 Å². The van der Waals surface area contributed by atoms with E-state index >= 15 is 0 Å². The fourth-order valence-corrected chi connectivity index (χ4v) is 2.48. The first kappa shape index (κ1) is 15.7. The Morgan fingerprint density at radius 1 is 1.26 bits per heavy atom. The van der Waals surface area contributed by atoms with E-state index < -0.39 is 12.1 Å². The third kappa shape index (κ3) is 4.65. The highest BCUT2D eigenvalue weighted by Gasteiger charge is 2.16. The minimum absolute atomic E-state index is 0.0923. The molecule has 0 aliphatic rings. The van der Waals surface area contributed by atoms with E-state index in [2.05, 4.69) is 12.1 Å². The Bertz CT molecular complexity index is 434. The third-order valence-electron chi connectivity index (χ3n) is 3.26. The van der Waals surface area contributed by atoms with Gasteiger partial charge in [0.05, 0.1) is 12.5 Å². The van der Waals surface area contributed by atoms with Crippen molar-refractivity contribution in [2.24, 2.45) is 0 Å². The minimum Gasteiger partial charge on any atom is -0.481 e. The highest BCUT2D eigenvalue weighted by atomic mass is 16.4. The van der Waals surface area contributed by atoms with Crippen molar-refractivity contribution in [2.75, 3.05) is 20.1 Å². The first-order chi connectivity index (χ1) is 8.81. The molecular formula is C15H23NO3. The largest absolute Gasteiger partial charge is 0.481 e. The zero-order valence-electron chi connectivity index (χ0n) is 12.1. The van der Waals surface area contributed by atoms with Gasteiger partial charge in [-0.2, -0.15) is 0 Å². The molecule has 0 amide bonds. The molecule has 0 saturated heterocycles. The number of aryl methyl sites for hydroxylation is 3. The molecule has 4 nitrogen and oxygen atoms in total. The molecule has 2 N–H and O–H groups in total. The summed E-state index contributed by atoms with van der Waals surface area (Å²) in [7, 11) is 1.82. The van der Waals surface area contributed by atoms with Crippen LogP contribution in [0.1, 0.15) is 34.8 Å². The number of benzene rings is 1. The molecule has 1 unspecified atom stereocenters. The summed E-state index contributed by atoms with van der Waals surface area (Å²) in [5.41, 5.74) is 4.30. The lowest BCUT2D eigenvalue weighted by Gasteiger charge is -2.23. The number of hydrogen-bond donors (Lipinski definition) is 2. The minimum atomic E-state index is -0.816. The summed E-state index contributed by atoms with van der Waals surface area (Å²) >= 11 is 0. The maximum Gasteiger partial charge on any atom is 0.304 e. The van der Waals surface area contributed by atoms with Gasteiger partial charge in [0, 0.05) is 13.1 Å². The lowest BCUT2D eigenvalue weighted by Crippen LogP contribution is -2.27. The summed E-state index contributed by atoms with van der Waals surface area (Å²) in [5, 5.41) is 19.0. The maximum atomic E-state index is 10.5. The number of carboxylic acid groups (broad SMARTS) is 1. The van der Waals surface area contributed by atoms with Crippen LogP contribution in [0.5, 0.6) is 0 Å². The molecular weight excluding hydrogens is 242 g/mol. The van der Waals surface area contributed by atoms with Gasteiger partial charge in [-0.1, -0.05) is 17.7 Å². The number of likely N-dealkylation sites (N-methyl/N-ethyl adjacent to an activating group) is 1. The molecule has 1 rings (SSSR count). The quantitative estimate of drug-likeness (QED) is 0.826. The van der Waals surface area contributed by atoms with Gasteiger partial charge in [-0.15, -0.1) is 0 Å². The van der Waals surface area contributed by atoms with Crippen LogP contribution in [0, 0.1) is 20.8 Å². The van der Waals surface area contributed by atoms with Crippen LogP contribution in [-0.4, -0.2) is 41.2 Å². The summed E-state index contributed by atoms with van der Waals surface area (Å²) in [5.74, 6) is -0.816. The molecule has 4 heteroatoms. The molecule has 1 atom stereocenters. The second-order valence-electron chi connectivity index (χ2n) is 5.23. The van der Waals surface area contributed by atoms with E-state index in [0.717, 1.165) is 16.7 Å². The SMILES string of the molecule is Cc1cc(C)c(C(O)CN(C)CCC(=O)O)c(C)c1. The molecule has 0 aliphatic carbocycles. The van der Waals surface area contributed by atoms with E-state index in [1.165, 1.54) is 5.56 Å². The van der Waals surface area contributed by atoms with Crippen molar-refractivity contribution in [3.63, 3.8) is 0 Å². The molecule has 0 heterocycles. The molecule has 0 saturated carbocycles. The lowest BCUT2D eigenvalue weighted by molar-refractivity contribution is -0.137. The van der Waals surface area contributed by atoms with E-state index in [4.69, 9.17) is 5.11 Å². The average Bonchev–Trinajstić information content (AvgIpc) is 2.24. The van der Waals surface area contributed by atoms with Crippen LogP contribution in [0.2, 0.25) is 0 Å². The first-order valence-electron chi connectivity index (χ1n) is 6.47. The molecule has 1 aromatic rings. The number of rotatable bonds is 6. The van der Waals surface area contributed by atoms with Gasteiger partial charge in [-0.3, -0.25) is 4.79 Å². The third-order valence-corrected chi connectivity index (χ3v) is 3.26. The highest BCUT2D eigenvalue weighted by molar-refractivity contribution is 5.66. The lowest BCUT2D eigenvalue weighted by atomic mass is 9.95. The van der Waals surface area contributed by atoms with Crippen LogP contribution >= 0.6 is 0 Å². The molecule has 0 spiro atoms. The number of hydrogen-bond acceptors (Lipinski definition) is 3. The predicted molar refractivity (Wildman–Crippen MR) is 75.4 cm³/mol. The Hall–Kier alpha value is -1.39. The average molecular weight is 265 g/mol. The molecule has 1 aromatic carbocycles. The van der Waals surface area contributed by atoms with Crippen molar-refractivity contribution in [1.29, 1.82) is 0 Å². The van der Waals surface area contributed by atoms with Gasteiger partial charge in [0.15, 0.2) is 0 Å². The number of aliphatic carboxylic acids is 1. The number of aliphatic hydroxyl groups excluding tert-OH is 1. The topological polar surface area (TPSA) is 60.8 Å². The van der Waals surface area contributed by atoms with Crippen molar-refractivity contribution in [3.05, 3.63) is 34.4 Å². The smallest absolute Gasteiger partial charge is 0.304 e. The molecule has 0 aromatic heterocycles. The zero-order valence-corrected chi connectivity index (χ0v) is 12.1. The maximum absolute atomic E-state index is 10.5. The molecule has 0 radical (unpaired) electrons. The van der Waals surface area contributed by atoms with Gasteiger partial charge in [0.25, 0.3) is 0 Å².